The Kier molecular flexibility index (Phi) is 4.58. The predicted octanol–water partition coefficient (Wildman–Crippen LogP) is 5.69. The van der Waals surface area contributed by atoms with Crippen LogP contribution in [0.4, 0.5) is 0 Å². The van der Waals surface area contributed by atoms with Gasteiger partial charge in [0.1, 0.15) is 0 Å². The summed E-state index contributed by atoms with van der Waals surface area (Å²) >= 11 is 0. The Morgan fingerprint density at radius 2 is 1.00 bits per heavy atom. The third-order valence-corrected chi connectivity index (χ3v) is 6.83. The third-order valence-electron chi connectivity index (χ3n) is 3.33. The van der Waals surface area contributed by atoms with Gasteiger partial charge in [-0.25, -0.2) is 0 Å². The first kappa shape index (κ1) is 16.7. The predicted molar refractivity (Wildman–Crippen MR) is 91.2 cm³/mol. The molecule has 0 heterocycles. The van der Waals surface area contributed by atoms with Crippen LogP contribution in [0.25, 0.3) is 0 Å². The van der Waals surface area contributed by atoms with Gasteiger partial charge in [0, 0.05) is 0 Å². The van der Waals surface area contributed by atoms with E-state index >= 15 is 0 Å². The van der Waals surface area contributed by atoms with Crippen molar-refractivity contribution in [1.82, 2.24) is 0 Å². The summed E-state index contributed by atoms with van der Waals surface area (Å²) in [5, 5.41) is 2.22. The maximum Gasteiger partial charge on any atom is -0.0132 e. The third kappa shape index (κ3) is 4.32. The van der Waals surface area contributed by atoms with Gasteiger partial charge < -0.3 is 0 Å². The average Bonchev–Trinajstić information content (AvgIpc) is 2.12. The van der Waals surface area contributed by atoms with Gasteiger partial charge in [-0.3, -0.25) is 0 Å². The van der Waals surface area contributed by atoms with Crippen molar-refractivity contribution in [3.05, 3.63) is 29.8 Å². The molecule has 108 valence electrons. The second-order valence-corrected chi connectivity index (χ2v) is 12.3. The lowest BCUT2D eigenvalue weighted by Crippen LogP contribution is -2.31. The largest absolute Gasteiger partial charge is 0.0643 e. The second-order valence-electron chi connectivity index (χ2n) is 8.47. The topological polar surface area (TPSA) is 0 Å². The lowest BCUT2D eigenvalue weighted by atomic mass is 9.87. The number of rotatable bonds is 1. The van der Waals surface area contributed by atoms with Crippen LogP contribution in [-0.2, 0) is 5.41 Å². The minimum absolute atomic E-state index is 0.186. The molecule has 0 unspecified atom stereocenters. The summed E-state index contributed by atoms with van der Waals surface area (Å²) in [5.74, 6) is 0. The van der Waals surface area contributed by atoms with Crippen molar-refractivity contribution in [1.29, 1.82) is 0 Å². The molecule has 0 aliphatic carbocycles. The molecule has 0 bridgehead atoms. The van der Waals surface area contributed by atoms with Crippen molar-refractivity contribution in [2.75, 3.05) is 0 Å². The van der Waals surface area contributed by atoms with E-state index in [0.717, 1.165) is 0 Å². The van der Waals surface area contributed by atoms with E-state index in [1.807, 2.05) is 0 Å². The Morgan fingerprint density at radius 3 is 1.26 bits per heavy atom. The van der Waals surface area contributed by atoms with Gasteiger partial charge in [-0.15, -0.1) is 0 Å². The SMILES string of the molecule is CC(C)(C)c1ccc(P(C(C)(C)C)C(C)(C)C)cc1. The van der Waals surface area contributed by atoms with E-state index in [4.69, 9.17) is 0 Å². The van der Waals surface area contributed by atoms with Gasteiger partial charge in [-0.2, -0.15) is 0 Å². The fourth-order valence-corrected chi connectivity index (χ4v) is 6.90. The van der Waals surface area contributed by atoms with Gasteiger partial charge in [0.15, 0.2) is 0 Å². The summed E-state index contributed by atoms with van der Waals surface area (Å²) in [7, 11) is -0.186. The molecule has 1 aromatic rings. The van der Waals surface area contributed by atoms with E-state index < -0.39 is 0 Å². The fourth-order valence-electron chi connectivity index (χ4n) is 2.89. The molecule has 1 aromatic carbocycles. The van der Waals surface area contributed by atoms with Crippen LogP contribution >= 0.6 is 7.92 Å². The highest BCUT2D eigenvalue weighted by atomic mass is 31.1. The monoisotopic (exact) mass is 278 g/mol. The molecule has 1 rings (SSSR count). The van der Waals surface area contributed by atoms with Crippen molar-refractivity contribution in [2.45, 2.75) is 78.0 Å². The smallest absolute Gasteiger partial charge is 0.0132 e. The summed E-state index contributed by atoms with van der Waals surface area (Å²) in [5.41, 5.74) is 1.67. The summed E-state index contributed by atoms with van der Waals surface area (Å²) in [6, 6.07) is 9.37. The summed E-state index contributed by atoms with van der Waals surface area (Å²) in [4.78, 5) is 0. The van der Waals surface area contributed by atoms with E-state index in [-0.39, 0.29) is 13.3 Å². The summed E-state index contributed by atoms with van der Waals surface area (Å²) < 4.78 is 0. The number of hydrogen-bond donors (Lipinski definition) is 0. The van der Waals surface area contributed by atoms with E-state index in [2.05, 4.69) is 86.6 Å². The molecule has 0 aliphatic heterocycles. The minimum Gasteiger partial charge on any atom is -0.0643 e. The maximum atomic E-state index is 2.38. The molecule has 0 aromatic heterocycles. The van der Waals surface area contributed by atoms with Crippen LogP contribution in [0.3, 0.4) is 0 Å². The summed E-state index contributed by atoms with van der Waals surface area (Å²) in [6.45, 7) is 21.1. The molecule has 0 nitrogen and oxygen atoms in total. The molecule has 0 saturated carbocycles. The van der Waals surface area contributed by atoms with Gasteiger partial charge >= 0.3 is 0 Å². The molecule has 0 aliphatic rings. The molecular formula is C18H31P. The maximum absolute atomic E-state index is 2.38. The van der Waals surface area contributed by atoms with E-state index in [1.165, 1.54) is 10.9 Å². The Labute approximate surface area is 121 Å². The van der Waals surface area contributed by atoms with Gasteiger partial charge in [-0.05, 0) is 26.6 Å². The van der Waals surface area contributed by atoms with Crippen molar-refractivity contribution < 1.29 is 0 Å². The molecule has 1 heteroatoms. The standard InChI is InChI=1S/C18H31P/c1-16(2,3)14-10-12-15(13-11-14)19(17(4,5)6)18(7,8)9/h10-13H,1-9H3. The Hall–Kier alpha value is -0.350. The fraction of sp³-hybridized carbons (Fsp3) is 0.667. The lowest BCUT2D eigenvalue weighted by Gasteiger charge is -2.42. The van der Waals surface area contributed by atoms with Gasteiger partial charge in [-0.1, -0.05) is 94.5 Å². The first-order chi connectivity index (χ1) is 8.33. The Bertz CT molecular complexity index is 393. The van der Waals surface area contributed by atoms with Crippen molar-refractivity contribution in [2.24, 2.45) is 0 Å². The molecule has 0 saturated heterocycles. The van der Waals surface area contributed by atoms with Crippen LogP contribution in [0.2, 0.25) is 0 Å². The number of hydrogen-bond acceptors (Lipinski definition) is 0. The van der Waals surface area contributed by atoms with Crippen LogP contribution in [0.15, 0.2) is 24.3 Å². The zero-order valence-corrected chi connectivity index (χ0v) is 15.2. The highest BCUT2D eigenvalue weighted by Gasteiger charge is 2.35. The summed E-state index contributed by atoms with van der Waals surface area (Å²) in [6.07, 6.45) is 0. The first-order valence-corrected chi connectivity index (χ1v) is 8.58. The van der Waals surface area contributed by atoms with Gasteiger partial charge in [0.2, 0.25) is 0 Å². The molecule has 19 heavy (non-hydrogen) atoms. The zero-order chi connectivity index (χ0) is 15.1. The Balaban J connectivity index is 3.20. The van der Waals surface area contributed by atoms with Crippen LogP contribution in [-0.4, -0.2) is 10.3 Å². The molecule has 0 amide bonds. The van der Waals surface area contributed by atoms with Crippen LogP contribution < -0.4 is 5.30 Å². The average molecular weight is 278 g/mol. The van der Waals surface area contributed by atoms with E-state index in [0.29, 0.717) is 10.3 Å². The normalized spacial score (nSPS) is 14.0. The number of benzene rings is 1. The van der Waals surface area contributed by atoms with Crippen LogP contribution in [0, 0.1) is 0 Å². The van der Waals surface area contributed by atoms with Crippen molar-refractivity contribution in [3.8, 4) is 0 Å². The van der Waals surface area contributed by atoms with Crippen LogP contribution in [0.1, 0.15) is 67.9 Å². The van der Waals surface area contributed by atoms with Gasteiger partial charge in [0.05, 0.1) is 0 Å². The molecular weight excluding hydrogens is 247 g/mol. The molecule has 0 N–H and O–H groups in total. The minimum atomic E-state index is -0.186. The van der Waals surface area contributed by atoms with E-state index in [1.54, 1.807) is 0 Å². The van der Waals surface area contributed by atoms with Crippen molar-refractivity contribution >= 4 is 13.2 Å². The second kappa shape index (κ2) is 5.21. The highest BCUT2D eigenvalue weighted by Crippen LogP contribution is 2.58. The zero-order valence-electron chi connectivity index (χ0n) is 14.3. The highest BCUT2D eigenvalue weighted by molar-refractivity contribution is 7.68. The molecule has 0 spiro atoms. The lowest BCUT2D eigenvalue weighted by molar-refractivity contribution is 0.590. The van der Waals surface area contributed by atoms with Crippen molar-refractivity contribution in [3.63, 3.8) is 0 Å². The quantitative estimate of drug-likeness (QED) is 0.579. The molecule has 0 atom stereocenters. The first-order valence-electron chi connectivity index (χ1n) is 7.24. The van der Waals surface area contributed by atoms with Crippen LogP contribution in [0.5, 0.6) is 0 Å². The van der Waals surface area contributed by atoms with E-state index in [9.17, 15) is 0 Å². The molecule has 0 radical (unpaired) electrons. The van der Waals surface area contributed by atoms with Gasteiger partial charge in [0.25, 0.3) is 0 Å². The Morgan fingerprint density at radius 1 is 0.632 bits per heavy atom. The molecule has 0 fully saturated rings.